The highest BCUT2D eigenvalue weighted by Gasteiger charge is 2.27. The standard InChI is InChI=1S/C15H26N2O/c1-2-17-11-7-8-14(17)12-16-13-15(18)9-5-3-4-6-10-15/h7-8,11,16,18H,2-6,9-10,12-13H2,1H3. The molecule has 2 N–H and O–H groups in total. The Balaban J connectivity index is 1.80. The molecule has 18 heavy (non-hydrogen) atoms. The lowest BCUT2D eigenvalue weighted by molar-refractivity contribution is 0.0249. The molecule has 1 heterocycles. The molecule has 0 aliphatic heterocycles. The van der Waals surface area contributed by atoms with E-state index in [1.807, 2.05) is 0 Å². The van der Waals surface area contributed by atoms with E-state index in [1.54, 1.807) is 0 Å². The van der Waals surface area contributed by atoms with Gasteiger partial charge in [0.1, 0.15) is 0 Å². The zero-order chi connectivity index (χ0) is 12.8. The van der Waals surface area contributed by atoms with Crippen molar-refractivity contribution in [2.24, 2.45) is 0 Å². The van der Waals surface area contributed by atoms with E-state index < -0.39 is 5.60 Å². The van der Waals surface area contributed by atoms with E-state index in [0.717, 1.165) is 32.5 Å². The number of nitrogens with zero attached hydrogens (tertiary/aromatic N) is 1. The van der Waals surface area contributed by atoms with Gasteiger partial charge in [0.15, 0.2) is 0 Å². The Morgan fingerprint density at radius 2 is 2.00 bits per heavy atom. The van der Waals surface area contributed by atoms with Gasteiger partial charge in [-0.2, -0.15) is 0 Å². The molecule has 0 aromatic carbocycles. The van der Waals surface area contributed by atoms with Gasteiger partial charge in [-0.3, -0.25) is 0 Å². The third-order valence-corrected chi connectivity index (χ3v) is 4.06. The molecule has 1 aromatic heterocycles. The van der Waals surface area contributed by atoms with Gasteiger partial charge in [0.25, 0.3) is 0 Å². The summed E-state index contributed by atoms with van der Waals surface area (Å²) >= 11 is 0. The predicted octanol–water partition coefficient (Wildman–Crippen LogP) is 2.68. The number of aromatic nitrogens is 1. The summed E-state index contributed by atoms with van der Waals surface area (Å²) < 4.78 is 2.24. The highest BCUT2D eigenvalue weighted by atomic mass is 16.3. The number of hydrogen-bond donors (Lipinski definition) is 2. The van der Waals surface area contributed by atoms with E-state index in [1.165, 1.54) is 31.4 Å². The first-order valence-corrected chi connectivity index (χ1v) is 7.31. The molecule has 102 valence electrons. The van der Waals surface area contributed by atoms with Crippen LogP contribution in [0.2, 0.25) is 0 Å². The normalized spacial score (nSPS) is 19.7. The van der Waals surface area contributed by atoms with Crippen molar-refractivity contribution in [2.45, 2.75) is 64.1 Å². The summed E-state index contributed by atoms with van der Waals surface area (Å²) in [4.78, 5) is 0. The molecule has 0 bridgehead atoms. The summed E-state index contributed by atoms with van der Waals surface area (Å²) in [6, 6.07) is 4.23. The Kier molecular flexibility index (Phi) is 4.84. The third-order valence-electron chi connectivity index (χ3n) is 4.06. The smallest absolute Gasteiger partial charge is 0.0771 e. The van der Waals surface area contributed by atoms with Crippen LogP contribution in [0.1, 0.15) is 51.1 Å². The van der Waals surface area contributed by atoms with Crippen LogP contribution in [0.5, 0.6) is 0 Å². The van der Waals surface area contributed by atoms with E-state index in [-0.39, 0.29) is 0 Å². The third kappa shape index (κ3) is 3.59. The largest absolute Gasteiger partial charge is 0.389 e. The molecule has 2 rings (SSSR count). The Bertz CT molecular complexity index is 351. The summed E-state index contributed by atoms with van der Waals surface area (Å²) in [6.07, 6.45) is 8.91. The maximum Gasteiger partial charge on any atom is 0.0771 e. The molecule has 1 fully saturated rings. The molecule has 0 atom stereocenters. The highest BCUT2D eigenvalue weighted by molar-refractivity contribution is 5.06. The summed E-state index contributed by atoms with van der Waals surface area (Å²) in [5.74, 6) is 0. The Morgan fingerprint density at radius 1 is 1.28 bits per heavy atom. The summed E-state index contributed by atoms with van der Waals surface area (Å²) in [5, 5.41) is 14.0. The van der Waals surface area contributed by atoms with Crippen LogP contribution in [0.15, 0.2) is 18.3 Å². The average molecular weight is 250 g/mol. The topological polar surface area (TPSA) is 37.2 Å². The quantitative estimate of drug-likeness (QED) is 0.788. The van der Waals surface area contributed by atoms with Gasteiger partial charge in [-0.1, -0.05) is 25.7 Å². The molecule has 0 spiro atoms. The van der Waals surface area contributed by atoms with Crippen LogP contribution in [-0.2, 0) is 13.1 Å². The Hall–Kier alpha value is -0.800. The van der Waals surface area contributed by atoms with Crippen molar-refractivity contribution in [3.8, 4) is 0 Å². The van der Waals surface area contributed by atoms with E-state index in [2.05, 4.69) is 35.1 Å². The van der Waals surface area contributed by atoms with Gasteiger partial charge in [0.2, 0.25) is 0 Å². The first-order chi connectivity index (χ1) is 8.73. The summed E-state index contributed by atoms with van der Waals surface area (Å²) in [7, 11) is 0. The minimum Gasteiger partial charge on any atom is -0.389 e. The predicted molar refractivity (Wildman–Crippen MR) is 74.5 cm³/mol. The van der Waals surface area contributed by atoms with E-state index in [0.29, 0.717) is 0 Å². The van der Waals surface area contributed by atoms with Crippen molar-refractivity contribution in [2.75, 3.05) is 6.54 Å². The zero-order valence-electron chi connectivity index (χ0n) is 11.5. The monoisotopic (exact) mass is 250 g/mol. The molecule has 0 radical (unpaired) electrons. The van der Waals surface area contributed by atoms with Crippen molar-refractivity contribution in [1.82, 2.24) is 9.88 Å². The molecule has 0 unspecified atom stereocenters. The Morgan fingerprint density at radius 3 is 2.67 bits per heavy atom. The van der Waals surface area contributed by atoms with Crippen molar-refractivity contribution in [3.63, 3.8) is 0 Å². The van der Waals surface area contributed by atoms with Gasteiger partial charge >= 0.3 is 0 Å². The maximum absolute atomic E-state index is 10.5. The van der Waals surface area contributed by atoms with Gasteiger partial charge in [0, 0.05) is 31.5 Å². The highest BCUT2D eigenvalue weighted by Crippen LogP contribution is 2.26. The van der Waals surface area contributed by atoms with E-state index in [9.17, 15) is 5.11 Å². The molecule has 1 aliphatic rings. The minimum absolute atomic E-state index is 0.472. The maximum atomic E-state index is 10.5. The molecule has 1 saturated carbocycles. The van der Waals surface area contributed by atoms with Crippen LogP contribution in [0.3, 0.4) is 0 Å². The lowest BCUT2D eigenvalue weighted by Crippen LogP contribution is -2.40. The molecule has 0 saturated heterocycles. The fraction of sp³-hybridized carbons (Fsp3) is 0.733. The van der Waals surface area contributed by atoms with Crippen LogP contribution in [-0.4, -0.2) is 21.8 Å². The fourth-order valence-electron chi connectivity index (χ4n) is 2.91. The van der Waals surface area contributed by atoms with Crippen molar-refractivity contribution >= 4 is 0 Å². The Labute approximate surface area is 110 Å². The second kappa shape index (κ2) is 6.39. The minimum atomic E-state index is -0.472. The molecular weight excluding hydrogens is 224 g/mol. The second-order valence-corrected chi connectivity index (χ2v) is 5.53. The van der Waals surface area contributed by atoms with Crippen LogP contribution in [0.25, 0.3) is 0 Å². The van der Waals surface area contributed by atoms with Gasteiger partial charge < -0.3 is 15.0 Å². The summed E-state index contributed by atoms with van der Waals surface area (Å²) in [5.41, 5.74) is 0.829. The van der Waals surface area contributed by atoms with Gasteiger partial charge in [-0.25, -0.2) is 0 Å². The second-order valence-electron chi connectivity index (χ2n) is 5.53. The van der Waals surface area contributed by atoms with Crippen molar-refractivity contribution < 1.29 is 5.11 Å². The molecule has 3 nitrogen and oxygen atoms in total. The SMILES string of the molecule is CCn1cccc1CNCC1(O)CCCCCC1. The molecule has 0 amide bonds. The molecular formula is C15H26N2O. The van der Waals surface area contributed by atoms with Gasteiger partial charge in [-0.15, -0.1) is 0 Å². The molecule has 3 heteroatoms. The van der Waals surface area contributed by atoms with Crippen LogP contribution >= 0.6 is 0 Å². The van der Waals surface area contributed by atoms with Gasteiger partial charge in [0.05, 0.1) is 5.60 Å². The fourth-order valence-corrected chi connectivity index (χ4v) is 2.91. The summed E-state index contributed by atoms with van der Waals surface area (Å²) in [6.45, 7) is 4.74. The number of rotatable bonds is 5. The molecule has 1 aromatic rings. The molecule has 1 aliphatic carbocycles. The average Bonchev–Trinajstić information content (AvgIpc) is 2.70. The number of aryl methyl sites for hydroxylation is 1. The van der Waals surface area contributed by atoms with E-state index in [4.69, 9.17) is 0 Å². The van der Waals surface area contributed by atoms with Crippen LogP contribution in [0, 0.1) is 0 Å². The lowest BCUT2D eigenvalue weighted by atomic mass is 9.94. The number of hydrogen-bond acceptors (Lipinski definition) is 2. The number of nitrogens with one attached hydrogen (secondary N) is 1. The first-order valence-electron chi connectivity index (χ1n) is 7.31. The van der Waals surface area contributed by atoms with Crippen LogP contribution < -0.4 is 5.32 Å². The van der Waals surface area contributed by atoms with Crippen LogP contribution in [0.4, 0.5) is 0 Å². The lowest BCUT2D eigenvalue weighted by Gasteiger charge is -2.27. The first kappa shape index (κ1) is 13.6. The van der Waals surface area contributed by atoms with E-state index >= 15 is 0 Å². The zero-order valence-corrected chi connectivity index (χ0v) is 11.5. The van der Waals surface area contributed by atoms with Gasteiger partial charge in [-0.05, 0) is 31.9 Å². The number of aliphatic hydroxyl groups is 1. The van der Waals surface area contributed by atoms with Crippen molar-refractivity contribution in [3.05, 3.63) is 24.0 Å². The van der Waals surface area contributed by atoms with Crippen molar-refractivity contribution in [1.29, 1.82) is 0 Å².